The number of nitriles is 1. The fraction of sp³-hybridized carbons (Fsp3) is 0.500. The van der Waals surface area contributed by atoms with E-state index in [0.29, 0.717) is 17.5 Å². The van der Waals surface area contributed by atoms with Gasteiger partial charge in [0.25, 0.3) is 5.69 Å². The lowest BCUT2D eigenvalue weighted by Crippen LogP contribution is -2.33. The number of likely N-dealkylation sites (N-methyl/N-ethyl adjacent to an activating group) is 1. The second kappa shape index (κ2) is 5.81. The van der Waals surface area contributed by atoms with Gasteiger partial charge in [0.05, 0.1) is 16.6 Å². The summed E-state index contributed by atoms with van der Waals surface area (Å²) in [6.07, 6.45) is 3.22. The van der Waals surface area contributed by atoms with E-state index in [1.165, 1.54) is 25.0 Å². The smallest absolute Gasteiger partial charge is 0.270 e. The van der Waals surface area contributed by atoms with Crippen LogP contribution < -0.4 is 5.32 Å². The van der Waals surface area contributed by atoms with Crippen LogP contribution in [0.2, 0.25) is 0 Å². The van der Waals surface area contributed by atoms with E-state index in [1.807, 2.05) is 0 Å². The van der Waals surface area contributed by atoms with Gasteiger partial charge in [0.1, 0.15) is 0 Å². The van der Waals surface area contributed by atoms with Gasteiger partial charge >= 0.3 is 0 Å². The average Bonchev–Trinajstić information content (AvgIpc) is 3.22. The Labute approximate surface area is 112 Å². The molecular weight excluding hydrogens is 242 g/mol. The first-order valence-electron chi connectivity index (χ1n) is 6.56. The molecule has 0 saturated heterocycles. The van der Waals surface area contributed by atoms with Gasteiger partial charge in [-0.15, -0.1) is 0 Å². The number of benzene rings is 1. The van der Waals surface area contributed by atoms with Crippen molar-refractivity contribution in [1.29, 1.82) is 5.26 Å². The molecule has 0 amide bonds. The topological polar surface area (TPSA) is 79.0 Å². The van der Waals surface area contributed by atoms with Crippen molar-refractivity contribution in [2.75, 3.05) is 6.54 Å². The number of hydrogen-bond donors (Lipinski definition) is 1. The van der Waals surface area contributed by atoms with Gasteiger partial charge in [-0.1, -0.05) is 13.0 Å². The first-order chi connectivity index (χ1) is 9.15. The van der Waals surface area contributed by atoms with E-state index in [9.17, 15) is 10.1 Å². The minimum atomic E-state index is -0.465. The molecular formula is C14H17N3O2. The Morgan fingerprint density at radius 2 is 2.32 bits per heavy atom. The second-order valence-corrected chi connectivity index (χ2v) is 4.92. The maximum atomic E-state index is 10.7. The van der Waals surface area contributed by atoms with E-state index in [0.717, 1.165) is 18.5 Å². The van der Waals surface area contributed by atoms with Crippen molar-refractivity contribution in [3.8, 4) is 6.07 Å². The van der Waals surface area contributed by atoms with Gasteiger partial charge < -0.3 is 5.32 Å². The normalized spacial score (nSPS) is 15.8. The molecule has 0 spiro atoms. The Morgan fingerprint density at radius 3 is 2.84 bits per heavy atom. The molecule has 1 aromatic carbocycles. The minimum Gasteiger partial charge on any atom is -0.314 e. The molecule has 1 N–H and O–H groups in total. The lowest BCUT2D eigenvalue weighted by Gasteiger charge is -2.17. The van der Waals surface area contributed by atoms with Crippen LogP contribution in [0.1, 0.15) is 30.9 Å². The summed E-state index contributed by atoms with van der Waals surface area (Å²) in [5.74, 6) is 0.682. The number of hydrogen-bond acceptors (Lipinski definition) is 4. The largest absolute Gasteiger partial charge is 0.314 e. The number of nitrogens with zero attached hydrogens (tertiary/aromatic N) is 2. The summed E-state index contributed by atoms with van der Waals surface area (Å²) in [6.45, 7) is 2.96. The Bertz CT molecular complexity index is 518. The highest BCUT2D eigenvalue weighted by atomic mass is 16.6. The zero-order chi connectivity index (χ0) is 13.8. The Balaban J connectivity index is 2.19. The highest BCUT2D eigenvalue weighted by molar-refractivity contribution is 5.46. The summed E-state index contributed by atoms with van der Waals surface area (Å²) in [4.78, 5) is 10.2. The van der Waals surface area contributed by atoms with Gasteiger partial charge in [0.15, 0.2) is 0 Å². The van der Waals surface area contributed by atoms with Gasteiger partial charge in [-0.2, -0.15) is 5.26 Å². The molecule has 5 nitrogen and oxygen atoms in total. The molecule has 1 fully saturated rings. The highest BCUT2D eigenvalue weighted by Gasteiger charge is 2.31. The van der Waals surface area contributed by atoms with Crippen molar-refractivity contribution in [2.45, 2.75) is 32.2 Å². The molecule has 1 saturated carbocycles. The van der Waals surface area contributed by atoms with E-state index >= 15 is 0 Å². The molecule has 100 valence electrons. The van der Waals surface area contributed by atoms with E-state index in [2.05, 4.69) is 18.3 Å². The van der Waals surface area contributed by atoms with Gasteiger partial charge in [0.2, 0.25) is 0 Å². The monoisotopic (exact) mass is 259 g/mol. The van der Waals surface area contributed by atoms with Crippen LogP contribution in [0.15, 0.2) is 18.2 Å². The molecule has 1 atom stereocenters. The predicted octanol–water partition coefficient (Wildman–Crippen LogP) is 2.40. The molecule has 19 heavy (non-hydrogen) atoms. The van der Waals surface area contributed by atoms with Crippen LogP contribution in [-0.2, 0) is 6.42 Å². The lowest BCUT2D eigenvalue weighted by molar-refractivity contribution is -0.384. The van der Waals surface area contributed by atoms with Crippen molar-refractivity contribution >= 4 is 5.69 Å². The lowest BCUT2D eigenvalue weighted by atomic mass is 9.97. The van der Waals surface area contributed by atoms with Crippen LogP contribution in [0.4, 0.5) is 5.69 Å². The SMILES string of the molecule is CCNC(Cc1ccc([N+](=O)[O-])cc1C#N)C1CC1. The van der Waals surface area contributed by atoms with E-state index in [-0.39, 0.29) is 5.69 Å². The number of nitro groups is 1. The van der Waals surface area contributed by atoms with Gasteiger partial charge in [-0.05, 0) is 37.3 Å². The van der Waals surface area contributed by atoms with Crippen molar-refractivity contribution in [2.24, 2.45) is 5.92 Å². The molecule has 0 radical (unpaired) electrons. The van der Waals surface area contributed by atoms with Crippen molar-refractivity contribution in [3.05, 3.63) is 39.4 Å². The summed E-state index contributed by atoms with van der Waals surface area (Å²) >= 11 is 0. The third-order valence-corrected chi connectivity index (χ3v) is 3.52. The van der Waals surface area contributed by atoms with Gasteiger partial charge in [-0.25, -0.2) is 0 Å². The van der Waals surface area contributed by atoms with Crippen LogP contribution >= 0.6 is 0 Å². The van der Waals surface area contributed by atoms with Crippen molar-refractivity contribution in [1.82, 2.24) is 5.32 Å². The van der Waals surface area contributed by atoms with Gasteiger partial charge in [-0.3, -0.25) is 10.1 Å². The molecule has 2 rings (SSSR count). The minimum absolute atomic E-state index is 0.0216. The molecule has 0 aliphatic heterocycles. The van der Waals surface area contributed by atoms with Crippen molar-refractivity contribution < 1.29 is 4.92 Å². The third-order valence-electron chi connectivity index (χ3n) is 3.52. The maximum Gasteiger partial charge on any atom is 0.270 e. The van der Waals surface area contributed by atoms with E-state index in [4.69, 9.17) is 5.26 Å². The maximum absolute atomic E-state index is 10.7. The molecule has 1 unspecified atom stereocenters. The molecule has 1 aromatic rings. The average molecular weight is 259 g/mol. The number of nitrogens with one attached hydrogen (secondary N) is 1. The molecule has 0 aromatic heterocycles. The molecule has 1 aliphatic carbocycles. The fourth-order valence-electron chi connectivity index (χ4n) is 2.36. The first kappa shape index (κ1) is 13.5. The Hall–Kier alpha value is -1.93. The Morgan fingerprint density at radius 1 is 1.58 bits per heavy atom. The Kier molecular flexibility index (Phi) is 4.13. The highest BCUT2D eigenvalue weighted by Crippen LogP contribution is 2.34. The number of non-ortho nitro benzene ring substituents is 1. The zero-order valence-electron chi connectivity index (χ0n) is 10.9. The molecule has 0 heterocycles. The quantitative estimate of drug-likeness (QED) is 0.628. The summed E-state index contributed by atoms with van der Waals surface area (Å²) in [5.41, 5.74) is 1.29. The van der Waals surface area contributed by atoms with Crippen LogP contribution in [0.25, 0.3) is 0 Å². The van der Waals surface area contributed by atoms with E-state index in [1.54, 1.807) is 6.07 Å². The van der Waals surface area contributed by atoms with Gasteiger partial charge in [0, 0.05) is 18.2 Å². The third kappa shape index (κ3) is 3.30. The second-order valence-electron chi connectivity index (χ2n) is 4.92. The van der Waals surface area contributed by atoms with Crippen LogP contribution in [0.3, 0.4) is 0 Å². The summed E-state index contributed by atoms with van der Waals surface area (Å²) in [5, 5.41) is 23.3. The van der Waals surface area contributed by atoms with Crippen LogP contribution in [-0.4, -0.2) is 17.5 Å². The van der Waals surface area contributed by atoms with Crippen LogP contribution in [0, 0.1) is 27.4 Å². The summed E-state index contributed by atoms with van der Waals surface area (Å²) < 4.78 is 0. The number of nitro benzene ring substituents is 1. The zero-order valence-corrected chi connectivity index (χ0v) is 10.9. The molecule has 1 aliphatic rings. The fourth-order valence-corrected chi connectivity index (χ4v) is 2.36. The van der Waals surface area contributed by atoms with E-state index < -0.39 is 4.92 Å². The van der Waals surface area contributed by atoms with Crippen molar-refractivity contribution in [3.63, 3.8) is 0 Å². The van der Waals surface area contributed by atoms with Crippen LogP contribution in [0.5, 0.6) is 0 Å². The summed E-state index contributed by atoms with van der Waals surface area (Å²) in [7, 11) is 0. The molecule has 0 bridgehead atoms. The number of rotatable bonds is 6. The summed E-state index contributed by atoms with van der Waals surface area (Å²) in [6, 6.07) is 7.00. The predicted molar refractivity (Wildman–Crippen MR) is 71.7 cm³/mol. The first-order valence-corrected chi connectivity index (χ1v) is 6.56. The molecule has 5 heteroatoms. The standard InChI is InChI=1S/C14H17N3O2/c1-2-16-14(10-3-4-10)8-11-5-6-13(17(18)19)7-12(11)9-15/h5-7,10,14,16H,2-4,8H2,1H3.